The van der Waals surface area contributed by atoms with Gasteiger partial charge in [-0.15, -0.1) is 24.0 Å². The Morgan fingerprint density at radius 1 is 1.19 bits per heavy atom. The van der Waals surface area contributed by atoms with Gasteiger partial charge in [0.15, 0.2) is 5.96 Å². The summed E-state index contributed by atoms with van der Waals surface area (Å²) < 4.78 is 2.02. The average Bonchev–Trinajstić information content (AvgIpc) is 3.19. The van der Waals surface area contributed by atoms with Gasteiger partial charge in [-0.05, 0) is 56.2 Å². The number of fused-ring (bicyclic) bond motifs is 1. The number of aliphatic imine (C=N–C) groups is 1. The van der Waals surface area contributed by atoms with E-state index in [-0.39, 0.29) is 24.0 Å². The molecular weight excluding hydrogens is 499 g/mol. The van der Waals surface area contributed by atoms with E-state index >= 15 is 0 Å². The highest BCUT2D eigenvalue weighted by Crippen LogP contribution is 2.31. The number of aryl methyl sites for hydroxylation is 2. The third-order valence-corrected chi connectivity index (χ3v) is 6.53. The molecule has 0 bridgehead atoms. The Bertz CT molecular complexity index is 820. The maximum absolute atomic E-state index is 4.58. The molecule has 2 aliphatic rings. The minimum absolute atomic E-state index is 0. The number of benzene rings is 1. The lowest BCUT2D eigenvalue weighted by Gasteiger charge is -2.48. The molecule has 6 nitrogen and oxygen atoms in total. The van der Waals surface area contributed by atoms with Crippen molar-refractivity contribution in [2.45, 2.75) is 51.7 Å². The molecule has 1 N–H and O–H groups in total. The second-order valence-electron chi connectivity index (χ2n) is 8.77. The van der Waals surface area contributed by atoms with Gasteiger partial charge in [0.1, 0.15) is 0 Å². The molecule has 3 heterocycles. The molecule has 2 aliphatic heterocycles. The highest BCUT2D eigenvalue weighted by Gasteiger charge is 2.36. The fraction of sp³-hybridized carbons (Fsp3) is 0.583. The SMILES string of the molecule is CN=C(NCCCn1cc(C)cn1)N1CCC2C(CCCN2Cc2ccccc2)C1.I. The Morgan fingerprint density at radius 3 is 2.77 bits per heavy atom. The second kappa shape index (κ2) is 11.9. The van der Waals surface area contributed by atoms with E-state index in [2.05, 4.69) is 68.7 Å². The van der Waals surface area contributed by atoms with Crippen LogP contribution < -0.4 is 5.32 Å². The first-order chi connectivity index (χ1) is 14.7. The third-order valence-electron chi connectivity index (χ3n) is 6.53. The monoisotopic (exact) mass is 536 g/mol. The molecule has 2 fully saturated rings. The molecule has 0 spiro atoms. The molecule has 2 saturated heterocycles. The van der Waals surface area contributed by atoms with Gasteiger partial charge in [-0.25, -0.2) is 0 Å². The van der Waals surface area contributed by atoms with E-state index in [1.807, 2.05) is 17.9 Å². The van der Waals surface area contributed by atoms with E-state index in [0.29, 0.717) is 6.04 Å². The summed E-state index contributed by atoms with van der Waals surface area (Å²) in [5, 5.41) is 7.95. The number of rotatable bonds is 6. The fourth-order valence-electron chi connectivity index (χ4n) is 5.08. The Balaban J connectivity index is 0.00000272. The van der Waals surface area contributed by atoms with Crippen molar-refractivity contribution in [3.63, 3.8) is 0 Å². The van der Waals surface area contributed by atoms with Gasteiger partial charge >= 0.3 is 0 Å². The summed E-state index contributed by atoms with van der Waals surface area (Å²) in [5.41, 5.74) is 2.65. The molecule has 7 heteroatoms. The number of piperidine rings is 2. The highest BCUT2D eigenvalue weighted by molar-refractivity contribution is 14.0. The van der Waals surface area contributed by atoms with Gasteiger partial charge in [0.2, 0.25) is 0 Å². The van der Waals surface area contributed by atoms with Crippen molar-refractivity contribution in [1.29, 1.82) is 0 Å². The highest BCUT2D eigenvalue weighted by atomic mass is 127. The minimum Gasteiger partial charge on any atom is -0.356 e. The maximum Gasteiger partial charge on any atom is 0.193 e. The maximum atomic E-state index is 4.58. The summed E-state index contributed by atoms with van der Waals surface area (Å²) >= 11 is 0. The normalized spacial score (nSPS) is 22.0. The first-order valence-electron chi connectivity index (χ1n) is 11.5. The number of nitrogens with one attached hydrogen (secondary N) is 1. The van der Waals surface area contributed by atoms with E-state index in [1.165, 1.54) is 36.9 Å². The number of halogens is 1. The number of nitrogens with zero attached hydrogens (tertiary/aromatic N) is 5. The Kier molecular flexibility index (Phi) is 9.19. The lowest BCUT2D eigenvalue weighted by Crippen LogP contribution is -2.56. The first-order valence-corrected chi connectivity index (χ1v) is 11.5. The van der Waals surface area contributed by atoms with Crippen molar-refractivity contribution >= 4 is 29.9 Å². The zero-order chi connectivity index (χ0) is 20.8. The van der Waals surface area contributed by atoms with Crippen LogP contribution in [0.15, 0.2) is 47.7 Å². The third kappa shape index (κ3) is 6.44. The molecule has 31 heavy (non-hydrogen) atoms. The van der Waals surface area contributed by atoms with Crippen LogP contribution in [-0.4, -0.2) is 64.8 Å². The number of hydrogen-bond donors (Lipinski definition) is 1. The average molecular weight is 537 g/mol. The number of guanidine groups is 1. The van der Waals surface area contributed by atoms with E-state index in [0.717, 1.165) is 51.0 Å². The van der Waals surface area contributed by atoms with E-state index in [4.69, 9.17) is 0 Å². The van der Waals surface area contributed by atoms with Crippen LogP contribution in [0.5, 0.6) is 0 Å². The van der Waals surface area contributed by atoms with Gasteiger partial charge < -0.3 is 10.2 Å². The quantitative estimate of drug-likeness (QED) is 0.265. The molecule has 1 aromatic heterocycles. The predicted molar refractivity (Wildman–Crippen MR) is 138 cm³/mol. The summed E-state index contributed by atoms with van der Waals surface area (Å²) in [5.74, 6) is 1.80. The van der Waals surface area contributed by atoms with Crippen molar-refractivity contribution in [2.75, 3.05) is 33.2 Å². The van der Waals surface area contributed by atoms with Crippen molar-refractivity contribution in [3.8, 4) is 0 Å². The van der Waals surface area contributed by atoms with Gasteiger partial charge in [-0.1, -0.05) is 30.3 Å². The lowest BCUT2D eigenvalue weighted by molar-refractivity contribution is 0.0372. The summed E-state index contributed by atoms with van der Waals surface area (Å²) in [6, 6.07) is 11.6. The second-order valence-corrected chi connectivity index (χ2v) is 8.77. The van der Waals surface area contributed by atoms with Crippen LogP contribution in [-0.2, 0) is 13.1 Å². The summed E-state index contributed by atoms with van der Waals surface area (Å²) in [7, 11) is 1.91. The smallest absolute Gasteiger partial charge is 0.193 e. The van der Waals surface area contributed by atoms with Gasteiger partial charge in [-0.2, -0.15) is 5.10 Å². The first kappa shape index (κ1) is 24.0. The largest absolute Gasteiger partial charge is 0.356 e. The molecule has 4 rings (SSSR count). The number of aromatic nitrogens is 2. The molecule has 2 unspecified atom stereocenters. The molecule has 0 saturated carbocycles. The molecular formula is C24H37IN6. The molecule has 0 amide bonds. The Labute approximate surface area is 204 Å². The molecule has 1 aromatic carbocycles. The topological polar surface area (TPSA) is 48.7 Å². The van der Waals surface area contributed by atoms with Crippen molar-refractivity contribution in [3.05, 3.63) is 53.9 Å². The standard InChI is InChI=1S/C24H36N6.HI/c1-20-16-27-30(17-20)14-7-12-26-24(25-2)29-15-11-23-22(19-29)10-6-13-28(23)18-21-8-4-3-5-9-21;/h3-5,8-9,16-17,22-23H,6-7,10-15,18-19H2,1-2H3,(H,25,26);1H. The van der Waals surface area contributed by atoms with Crippen LogP contribution in [0.25, 0.3) is 0 Å². The summed E-state index contributed by atoms with van der Waals surface area (Å²) in [6.45, 7) is 8.48. The zero-order valence-corrected chi connectivity index (χ0v) is 21.2. The van der Waals surface area contributed by atoms with Crippen molar-refractivity contribution in [2.24, 2.45) is 10.9 Å². The van der Waals surface area contributed by atoms with Crippen LogP contribution >= 0.6 is 24.0 Å². The van der Waals surface area contributed by atoms with Gasteiger partial charge in [0.05, 0.1) is 6.20 Å². The van der Waals surface area contributed by atoms with E-state index in [1.54, 1.807) is 0 Å². The van der Waals surface area contributed by atoms with Gasteiger partial charge in [-0.3, -0.25) is 14.6 Å². The summed E-state index contributed by atoms with van der Waals surface area (Å²) in [6.07, 6.45) is 8.93. The number of likely N-dealkylation sites (tertiary alicyclic amines) is 2. The Hall–Kier alpha value is -1.61. The fourth-order valence-corrected chi connectivity index (χ4v) is 5.08. The van der Waals surface area contributed by atoms with E-state index < -0.39 is 0 Å². The van der Waals surface area contributed by atoms with Gasteiger partial charge in [0.25, 0.3) is 0 Å². The van der Waals surface area contributed by atoms with Crippen molar-refractivity contribution in [1.82, 2.24) is 24.9 Å². The molecule has 0 radical (unpaired) electrons. The van der Waals surface area contributed by atoms with Crippen LogP contribution in [0, 0.1) is 12.8 Å². The molecule has 170 valence electrons. The molecule has 0 aliphatic carbocycles. The minimum atomic E-state index is 0. The molecule has 2 aromatic rings. The van der Waals surface area contributed by atoms with Gasteiger partial charge in [0, 0.05) is 52.0 Å². The lowest BCUT2D eigenvalue weighted by atomic mass is 9.83. The van der Waals surface area contributed by atoms with Crippen LogP contribution in [0.2, 0.25) is 0 Å². The summed E-state index contributed by atoms with van der Waals surface area (Å²) in [4.78, 5) is 9.78. The Morgan fingerprint density at radius 2 is 2.03 bits per heavy atom. The van der Waals surface area contributed by atoms with Crippen LogP contribution in [0.1, 0.15) is 36.8 Å². The van der Waals surface area contributed by atoms with Crippen LogP contribution in [0.3, 0.4) is 0 Å². The molecule has 2 atom stereocenters. The predicted octanol–water partition coefficient (Wildman–Crippen LogP) is 3.76. The van der Waals surface area contributed by atoms with Crippen LogP contribution in [0.4, 0.5) is 0 Å². The van der Waals surface area contributed by atoms with E-state index in [9.17, 15) is 0 Å². The zero-order valence-electron chi connectivity index (χ0n) is 18.9. The number of hydrogen-bond acceptors (Lipinski definition) is 3. The van der Waals surface area contributed by atoms with Crippen molar-refractivity contribution < 1.29 is 0 Å².